The van der Waals surface area contributed by atoms with E-state index in [1.165, 1.54) is 51.9 Å². The molecule has 0 aromatic rings. The number of hydrogen-bond acceptors (Lipinski definition) is 4. The van der Waals surface area contributed by atoms with Crippen molar-refractivity contribution in [2.45, 2.75) is 129 Å². The van der Waals surface area contributed by atoms with Crippen molar-refractivity contribution in [1.82, 2.24) is 10.6 Å². The maximum atomic E-state index is 12.6. The number of nitrogens with one attached hydrogen (secondary N) is 2. The minimum atomic E-state index is -0.530. The molecule has 2 atom stereocenters. The number of rotatable bonds is 21. The van der Waals surface area contributed by atoms with E-state index >= 15 is 0 Å². The number of ketones is 1. The summed E-state index contributed by atoms with van der Waals surface area (Å²) in [7, 11) is 0. The predicted octanol–water partition coefficient (Wildman–Crippen LogP) is 4.95. The lowest BCUT2D eigenvalue weighted by Crippen LogP contribution is -2.47. The van der Waals surface area contributed by atoms with Gasteiger partial charge >= 0.3 is 0 Å². The van der Waals surface area contributed by atoms with Crippen LogP contribution < -0.4 is 16.4 Å². The SMILES string of the molecule is C=C(C)CCC(NC(=O)CCCCCCCCCCC)C(=O)NCCCCC(N)C(C)=O. The second-order valence-electron chi connectivity index (χ2n) is 9.20. The number of nitrogens with two attached hydrogens (primary N) is 1. The number of carbonyl (C=O) groups is 3. The van der Waals surface area contributed by atoms with Gasteiger partial charge in [0, 0.05) is 13.0 Å². The highest BCUT2D eigenvalue weighted by Crippen LogP contribution is 2.11. The summed E-state index contributed by atoms with van der Waals surface area (Å²) < 4.78 is 0. The molecule has 2 amide bonds. The quantitative estimate of drug-likeness (QED) is 0.170. The molecule has 0 aliphatic carbocycles. The molecule has 0 saturated carbocycles. The molecule has 4 N–H and O–H groups in total. The lowest BCUT2D eigenvalue weighted by Gasteiger charge is -2.19. The third-order valence-corrected chi connectivity index (χ3v) is 5.78. The maximum absolute atomic E-state index is 12.6. The van der Waals surface area contributed by atoms with Gasteiger partial charge in [-0.2, -0.15) is 0 Å². The number of carbonyl (C=O) groups excluding carboxylic acids is 3. The lowest BCUT2D eigenvalue weighted by molar-refractivity contribution is -0.129. The van der Waals surface area contributed by atoms with E-state index in [0.29, 0.717) is 32.2 Å². The van der Waals surface area contributed by atoms with E-state index in [1.54, 1.807) is 0 Å². The Hall–Kier alpha value is -1.69. The van der Waals surface area contributed by atoms with Gasteiger partial charge in [-0.3, -0.25) is 14.4 Å². The van der Waals surface area contributed by atoms with Gasteiger partial charge in [0.25, 0.3) is 0 Å². The normalized spacial score (nSPS) is 12.8. The summed E-state index contributed by atoms with van der Waals surface area (Å²) in [6, 6.07) is -0.952. The lowest BCUT2D eigenvalue weighted by atomic mass is 10.0. The molecular formula is C26H49N3O3. The monoisotopic (exact) mass is 451 g/mol. The molecule has 0 spiro atoms. The van der Waals surface area contributed by atoms with Crippen LogP contribution in [0.15, 0.2) is 12.2 Å². The summed E-state index contributed by atoms with van der Waals surface area (Å²) in [4.78, 5) is 36.1. The molecule has 0 rings (SSSR count). The van der Waals surface area contributed by atoms with Gasteiger partial charge < -0.3 is 16.4 Å². The zero-order valence-corrected chi connectivity index (χ0v) is 21.0. The number of unbranched alkanes of at least 4 members (excludes halogenated alkanes) is 9. The molecule has 2 unspecified atom stereocenters. The molecule has 0 fully saturated rings. The largest absolute Gasteiger partial charge is 0.354 e. The minimum absolute atomic E-state index is 0.0106. The Morgan fingerprint density at radius 3 is 1.97 bits per heavy atom. The maximum Gasteiger partial charge on any atom is 0.242 e. The van der Waals surface area contributed by atoms with Crippen molar-refractivity contribution in [1.29, 1.82) is 0 Å². The van der Waals surface area contributed by atoms with E-state index in [0.717, 1.165) is 31.3 Å². The summed E-state index contributed by atoms with van der Waals surface area (Å²) in [6.07, 6.45) is 14.8. The van der Waals surface area contributed by atoms with Crippen LogP contribution in [0.3, 0.4) is 0 Å². The Kier molecular flexibility index (Phi) is 18.9. The van der Waals surface area contributed by atoms with Gasteiger partial charge in [-0.25, -0.2) is 0 Å². The van der Waals surface area contributed by atoms with E-state index in [9.17, 15) is 14.4 Å². The molecule has 32 heavy (non-hydrogen) atoms. The van der Waals surface area contributed by atoms with Gasteiger partial charge in [0.1, 0.15) is 11.8 Å². The van der Waals surface area contributed by atoms with E-state index in [2.05, 4.69) is 24.1 Å². The van der Waals surface area contributed by atoms with E-state index in [4.69, 9.17) is 5.73 Å². The molecule has 186 valence electrons. The van der Waals surface area contributed by atoms with Crippen LogP contribution in [0, 0.1) is 0 Å². The number of hydrogen-bond donors (Lipinski definition) is 3. The Morgan fingerprint density at radius 1 is 0.812 bits per heavy atom. The van der Waals surface area contributed by atoms with Gasteiger partial charge in [0.2, 0.25) is 11.8 Å². The second kappa shape index (κ2) is 20.0. The molecule has 0 saturated heterocycles. The average Bonchev–Trinajstić information content (AvgIpc) is 2.74. The molecule has 0 aliphatic rings. The Labute approximate surface area is 196 Å². The van der Waals surface area contributed by atoms with E-state index < -0.39 is 12.1 Å². The Balaban J connectivity index is 4.16. The van der Waals surface area contributed by atoms with Gasteiger partial charge in [0.15, 0.2) is 0 Å². The van der Waals surface area contributed by atoms with Gasteiger partial charge in [-0.15, -0.1) is 6.58 Å². The number of allylic oxidation sites excluding steroid dienone is 1. The van der Waals surface area contributed by atoms with Crippen LogP contribution in [0.2, 0.25) is 0 Å². The average molecular weight is 452 g/mol. The highest BCUT2D eigenvalue weighted by molar-refractivity contribution is 5.87. The summed E-state index contributed by atoms with van der Waals surface area (Å²) in [5.74, 6) is -0.214. The molecule has 0 heterocycles. The first-order valence-electron chi connectivity index (χ1n) is 12.7. The molecule has 0 aromatic carbocycles. The van der Waals surface area contributed by atoms with Crippen molar-refractivity contribution in [3.8, 4) is 0 Å². The topological polar surface area (TPSA) is 101 Å². The zero-order valence-electron chi connectivity index (χ0n) is 21.0. The third-order valence-electron chi connectivity index (χ3n) is 5.78. The van der Waals surface area contributed by atoms with Crippen molar-refractivity contribution >= 4 is 17.6 Å². The van der Waals surface area contributed by atoms with E-state index in [-0.39, 0.29) is 17.6 Å². The first-order valence-corrected chi connectivity index (χ1v) is 12.7. The summed E-state index contributed by atoms with van der Waals surface area (Å²) in [6.45, 7) is 10.1. The Bertz CT molecular complexity index is 548. The highest BCUT2D eigenvalue weighted by atomic mass is 16.2. The fourth-order valence-electron chi connectivity index (χ4n) is 3.55. The van der Waals surface area contributed by atoms with Crippen molar-refractivity contribution in [3.63, 3.8) is 0 Å². The molecule has 6 heteroatoms. The van der Waals surface area contributed by atoms with Gasteiger partial charge in [-0.1, -0.05) is 63.9 Å². The molecule has 0 bridgehead atoms. The summed E-state index contributed by atoms with van der Waals surface area (Å²) in [5, 5.41) is 5.83. The van der Waals surface area contributed by atoms with Crippen LogP contribution in [0.4, 0.5) is 0 Å². The summed E-state index contributed by atoms with van der Waals surface area (Å²) >= 11 is 0. The van der Waals surface area contributed by atoms with Crippen molar-refractivity contribution in [3.05, 3.63) is 12.2 Å². The van der Waals surface area contributed by atoms with Gasteiger partial charge in [0.05, 0.1) is 6.04 Å². The minimum Gasteiger partial charge on any atom is -0.354 e. The van der Waals surface area contributed by atoms with Crippen LogP contribution >= 0.6 is 0 Å². The summed E-state index contributed by atoms with van der Waals surface area (Å²) in [5.41, 5.74) is 6.72. The smallest absolute Gasteiger partial charge is 0.242 e. The van der Waals surface area contributed by atoms with E-state index in [1.807, 2.05) is 6.92 Å². The number of Topliss-reactive ketones (excluding diaryl/α,β-unsaturated/α-hetero) is 1. The third kappa shape index (κ3) is 17.9. The van der Waals surface area contributed by atoms with Crippen LogP contribution in [-0.2, 0) is 14.4 Å². The van der Waals surface area contributed by atoms with Crippen molar-refractivity contribution < 1.29 is 14.4 Å². The van der Waals surface area contributed by atoms with Crippen LogP contribution in [-0.4, -0.2) is 36.2 Å². The zero-order chi connectivity index (χ0) is 24.2. The van der Waals surface area contributed by atoms with Gasteiger partial charge in [-0.05, 0) is 52.4 Å². The second-order valence-corrected chi connectivity index (χ2v) is 9.20. The van der Waals surface area contributed by atoms with Crippen molar-refractivity contribution in [2.24, 2.45) is 5.73 Å². The van der Waals surface area contributed by atoms with Crippen LogP contribution in [0.1, 0.15) is 117 Å². The van der Waals surface area contributed by atoms with Crippen molar-refractivity contribution in [2.75, 3.05) is 6.54 Å². The fraction of sp³-hybridized carbons (Fsp3) is 0.808. The fourth-order valence-corrected chi connectivity index (χ4v) is 3.55. The molecule has 6 nitrogen and oxygen atoms in total. The molecule has 0 radical (unpaired) electrons. The predicted molar refractivity (Wildman–Crippen MR) is 133 cm³/mol. The first kappa shape index (κ1) is 30.3. The van der Waals surface area contributed by atoms with Crippen LogP contribution in [0.25, 0.3) is 0 Å². The highest BCUT2D eigenvalue weighted by Gasteiger charge is 2.20. The molecule has 0 aliphatic heterocycles. The van der Waals surface area contributed by atoms with Crippen LogP contribution in [0.5, 0.6) is 0 Å². The number of amides is 2. The molecular weight excluding hydrogens is 402 g/mol. The molecule has 0 aromatic heterocycles. The Morgan fingerprint density at radius 2 is 1.41 bits per heavy atom. The standard InChI is InChI=1S/C26H49N3O3/c1-5-6-7-8-9-10-11-12-13-17-25(31)29-24(19-18-21(2)3)26(32)28-20-15-14-16-23(27)22(4)30/h23-24H,2,5-20,27H2,1,3-4H3,(H,28,32)(H,29,31). The first-order chi connectivity index (χ1) is 15.3.